The number of aliphatic hydroxyl groups is 1. The first-order valence-electron chi connectivity index (χ1n) is 6.88. The van der Waals surface area contributed by atoms with Gasteiger partial charge < -0.3 is 15.0 Å². The van der Waals surface area contributed by atoms with Gasteiger partial charge in [0.05, 0.1) is 6.10 Å². The number of hydrogen-bond acceptors (Lipinski definition) is 4. The maximum atomic E-state index is 11.7. The second-order valence-electron chi connectivity index (χ2n) is 5.07. The molecule has 7 nitrogen and oxygen atoms in total. The van der Waals surface area contributed by atoms with E-state index in [-0.39, 0.29) is 37.7 Å². The van der Waals surface area contributed by atoms with Gasteiger partial charge in [0.2, 0.25) is 17.7 Å². The van der Waals surface area contributed by atoms with E-state index in [0.717, 1.165) is 10.6 Å². The van der Waals surface area contributed by atoms with Crippen molar-refractivity contribution in [1.82, 2.24) is 14.8 Å². The van der Waals surface area contributed by atoms with Crippen molar-refractivity contribution in [2.24, 2.45) is 7.05 Å². The van der Waals surface area contributed by atoms with E-state index in [4.69, 9.17) is 0 Å². The number of nitrogens with one attached hydrogen (secondary N) is 1. The predicted octanol–water partition coefficient (Wildman–Crippen LogP) is -0.286. The molecular weight excluding hydrogens is 274 g/mol. The molecule has 2 N–H and O–H groups in total. The molecule has 1 saturated heterocycles. The SMILES string of the molecule is Cn1cccc1C(O)CCNC(=O)CN1C(=O)CCC1=O. The summed E-state index contributed by atoms with van der Waals surface area (Å²) in [6, 6.07) is 3.65. The molecule has 114 valence electrons. The second kappa shape index (κ2) is 6.53. The third kappa shape index (κ3) is 3.69. The average molecular weight is 293 g/mol. The fourth-order valence-corrected chi connectivity index (χ4v) is 2.32. The van der Waals surface area contributed by atoms with Crippen LogP contribution in [0.1, 0.15) is 31.1 Å². The van der Waals surface area contributed by atoms with Gasteiger partial charge in [0.25, 0.3) is 0 Å². The van der Waals surface area contributed by atoms with Crippen molar-refractivity contribution in [2.45, 2.75) is 25.4 Å². The number of hydrogen-bond donors (Lipinski definition) is 2. The Kier molecular flexibility index (Phi) is 4.74. The summed E-state index contributed by atoms with van der Waals surface area (Å²) in [5.74, 6) is -1.00. The third-order valence-electron chi connectivity index (χ3n) is 3.52. The molecule has 7 heteroatoms. The molecule has 1 aromatic heterocycles. The summed E-state index contributed by atoms with van der Waals surface area (Å²) < 4.78 is 1.81. The number of imide groups is 1. The maximum Gasteiger partial charge on any atom is 0.240 e. The van der Waals surface area contributed by atoms with Crippen LogP contribution in [0.4, 0.5) is 0 Å². The topological polar surface area (TPSA) is 91.6 Å². The zero-order valence-electron chi connectivity index (χ0n) is 11.9. The van der Waals surface area contributed by atoms with E-state index < -0.39 is 12.0 Å². The van der Waals surface area contributed by atoms with E-state index in [1.54, 1.807) is 0 Å². The van der Waals surface area contributed by atoms with Gasteiger partial charge >= 0.3 is 0 Å². The molecule has 0 radical (unpaired) electrons. The second-order valence-corrected chi connectivity index (χ2v) is 5.07. The molecule has 2 rings (SSSR count). The van der Waals surface area contributed by atoms with Crippen molar-refractivity contribution in [3.05, 3.63) is 24.0 Å². The fourth-order valence-electron chi connectivity index (χ4n) is 2.32. The van der Waals surface area contributed by atoms with Crippen LogP contribution in [0, 0.1) is 0 Å². The standard InChI is InChI=1S/C14H19N3O4/c1-16-8-2-3-10(16)11(18)6-7-15-12(19)9-17-13(20)4-5-14(17)21/h2-3,8,11,18H,4-7,9H2,1H3,(H,15,19). The maximum absolute atomic E-state index is 11.7. The van der Waals surface area contributed by atoms with Gasteiger partial charge in [0, 0.05) is 38.3 Å². The Hall–Kier alpha value is -2.15. The first kappa shape index (κ1) is 15.2. The molecular formula is C14H19N3O4. The number of aliphatic hydroxyl groups excluding tert-OH is 1. The number of aryl methyl sites for hydroxylation is 1. The monoisotopic (exact) mass is 293 g/mol. The molecule has 0 aromatic carbocycles. The minimum Gasteiger partial charge on any atom is -0.387 e. The van der Waals surface area contributed by atoms with Crippen molar-refractivity contribution in [3.8, 4) is 0 Å². The van der Waals surface area contributed by atoms with Gasteiger partial charge in [-0.25, -0.2) is 0 Å². The number of amides is 3. The van der Waals surface area contributed by atoms with Crippen LogP contribution in [0.25, 0.3) is 0 Å². The molecule has 2 heterocycles. The molecule has 1 aromatic rings. The molecule has 1 atom stereocenters. The predicted molar refractivity (Wildman–Crippen MR) is 74.0 cm³/mol. The number of nitrogens with zero attached hydrogens (tertiary/aromatic N) is 2. The van der Waals surface area contributed by atoms with E-state index in [1.807, 2.05) is 29.9 Å². The quantitative estimate of drug-likeness (QED) is 0.705. The van der Waals surface area contributed by atoms with Crippen LogP contribution in [0.15, 0.2) is 18.3 Å². The Morgan fingerprint density at radius 2 is 2.05 bits per heavy atom. The Bertz CT molecular complexity index is 536. The summed E-state index contributed by atoms with van der Waals surface area (Å²) in [6.07, 6.45) is 1.89. The number of likely N-dealkylation sites (tertiary alicyclic amines) is 1. The number of carbonyl (C=O) groups excluding carboxylic acids is 3. The summed E-state index contributed by atoms with van der Waals surface area (Å²) in [7, 11) is 1.84. The first-order chi connectivity index (χ1) is 9.99. The van der Waals surface area contributed by atoms with Gasteiger partial charge in [0.15, 0.2) is 0 Å². The molecule has 1 unspecified atom stereocenters. The Morgan fingerprint density at radius 3 is 2.62 bits per heavy atom. The van der Waals surface area contributed by atoms with Crippen LogP contribution in [-0.2, 0) is 21.4 Å². The molecule has 21 heavy (non-hydrogen) atoms. The third-order valence-corrected chi connectivity index (χ3v) is 3.52. The van der Waals surface area contributed by atoms with Crippen molar-refractivity contribution in [3.63, 3.8) is 0 Å². The fraction of sp³-hybridized carbons (Fsp3) is 0.500. The lowest BCUT2D eigenvalue weighted by Crippen LogP contribution is -2.40. The van der Waals surface area contributed by atoms with Gasteiger partial charge in [0.1, 0.15) is 6.54 Å². The molecule has 0 saturated carbocycles. The Labute approximate surface area is 122 Å². The summed E-state index contributed by atoms with van der Waals surface area (Å²) >= 11 is 0. The Balaban J connectivity index is 1.73. The number of rotatable bonds is 6. The van der Waals surface area contributed by atoms with Crippen LogP contribution in [0.5, 0.6) is 0 Å². The molecule has 0 aliphatic carbocycles. The molecule has 0 bridgehead atoms. The number of aromatic nitrogens is 1. The van der Waals surface area contributed by atoms with Crippen molar-refractivity contribution < 1.29 is 19.5 Å². The zero-order chi connectivity index (χ0) is 15.4. The van der Waals surface area contributed by atoms with E-state index in [1.165, 1.54) is 0 Å². The van der Waals surface area contributed by atoms with Gasteiger partial charge in [-0.3, -0.25) is 19.3 Å². The van der Waals surface area contributed by atoms with E-state index >= 15 is 0 Å². The van der Waals surface area contributed by atoms with Gasteiger partial charge in [-0.2, -0.15) is 0 Å². The summed E-state index contributed by atoms with van der Waals surface area (Å²) in [6.45, 7) is 0.0410. The van der Waals surface area contributed by atoms with Gasteiger partial charge in [-0.15, -0.1) is 0 Å². The van der Waals surface area contributed by atoms with Gasteiger partial charge in [-0.05, 0) is 18.6 Å². The summed E-state index contributed by atoms with van der Waals surface area (Å²) in [4.78, 5) is 35.4. The van der Waals surface area contributed by atoms with Crippen molar-refractivity contribution >= 4 is 17.7 Å². The van der Waals surface area contributed by atoms with E-state index in [0.29, 0.717) is 6.42 Å². The van der Waals surface area contributed by atoms with E-state index in [9.17, 15) is 19.5 Å². The largest absolute Gasteiger partial charge is 0.387 e. The molecule has 0 spiro atoms. The highest BCUT2D eigenvalue weighted by atomic mass is 16.3. The highest BCUT2D eigenvalue weighted by molar-refractivity contribution is 6.04. The normalized spacial score (nSPS) is 16.4. The minimum atomic E-state index is -0.666. The van der Waals surface area contributed by atoms with Crippen LogP contribution < -0.4 is 5.32 Å². The highest BCUT2D eigenvalue weighted by Gasteiger charge is 2.30. The zero-order valence-corrected chi connectivity index (χ0v) is 11.9. The highest BCUT2D eigenvalue weighted by Crippen LogP contribution is 2.15. The molecule has 1 aliphatic heterocycles. The lowest BCUT2D eigenvalue weighted by atomic mass is 10.2. The van der Waals surface area contributed by atoms with Crippen LogP contribution in [0.3, 0.4) is 0 Å². The first-order valence-corrected chi connectivity index (χ1v) is 6.88. The number of carbonyl (C=O) groups is 3. The molecule has 3 amide bonds. The van der Waals surface area contributed by atoms with Crippen molar-refractivity contribution in [1.29, 1.82) is 0 Å². The smallest absolute Gasteiger partial charge is 0.240 e. The minimum absolute atomic E-state index is 0.179. The molecule has 1 fully saturated rings. The van der Waals surface area contributed by atoms with Crippen LogP contribution in [0.2, 0.25) is 0 Å². The average Bonchev–Trinajstić information content (AvgIpc) is 2.99. The summed E-state index contributed by atoms with van der Waals surface area (Å²) in [5.41, 5.74) is 0.772. The van der Waals surface area contributed by atoms with Crippen LogP contribution >= 0.6 is 0 Å². The van der Waals surface area contributed by atoms with E-state index in [2.05, 4.69) is 5.32 Å². The molecule has 1 aliphatic rings. The lowest BCUT2D eigenvalue weighted by Gasteiger charge is -2.15. The van der Waals surface area contributed by atoms with Crippen molar-refractivity contribution in [2.75, 3.05) is 13.1 Å². The van der Waals surface area contributed by atoms with Gasteiger partial charge in [-0.1, -0.05) is 0 Å². The van der Waals surface area contributed by atoms with Crippen LogP contribution in [-0.4, -0.2) is 45.4 Å². The summed E-state index contributed by atoms with van der Waals surface area (Å²) in [5, 5.41) is 12.6. The Morgan fingerprint density at radius 1 is 1.38 bits per heavy atom. The lowest BCUT2D eigenvalue weighted by molar-refractivity contribution is -0.142.